The molecule has 0 aromatic carbocycles. The maximum absolute atomic E-state index is 13.1. The number of carbonyl (C=O) groups excluding carboxylic acids is 2. The minimum atomic E-state index is -2.18. The van der Waals surface area contributed by atoms with Gasteiger partial charge in [-0.05, 0) is 54.8 Å². The molecule has 0 rings (SSSR count). The van der Waals surface area contributed by atoms with Gasteiger partial charge in [-0.2, -0.15) is 0 Å². The molecule has 0 radical (unpaired) electrons. The number of unbranched alkanes of at least 4 members (excludes halogenated alkanes) is 6. The fraction of sp³-hybridized carbons (Fsp3) is 0.857. The average molecular weight is 513 g/mol. The summed E-state index contributed by atoms with van der Waals surface area (Å²) >= 11 is 0. The number of carbonyl (C=O) groups is 2. The molecular formula is C28H56O4Si2. The summed E-state index contributed by atoms with van der Waals surface area (Å²) in [7, 11) is -4.18. The smallest absolute Gasteiger partial charge is 0.193 e. The third-order valence-corrected chi connectivity index (χ3v) is 16.8. The lowest BCUT2D eigenvalue weighted by molar-refractivity contribution is -0.123. The monoisotopic (exact) mass is 512 g/mol. The Morgan fingerprint density at radius 1 is 0.794 bits per heavy atom. The normalized spacial score (nSPS) is 15.5. The highest BCUT2D eigenvalue weighted by Gasteiger charge is 2.43. The van der Waals surface area contributed by atoms with Crippen LogP contribution in [0.4, 0.5) is 0 Å². The molecule has 0 unspecified atom stereocenters. The quantitative estimate of drug-likeness (QED) is 0.0847. The van der Waals surface area contributed by atoms with Crippen LogP contribution in [0.15, 0.2) is 12.2 Å². The molecule has 0 aromatic heterocycles. The first-order valence-corrected chi connectivity index (χ1v) is 19.3. The van der Waals surface area contributed by atoms with E-state index < -0.39 is 22.7 Å². The highest BCUT2D eigenvalue weighted by Crippen LogP contribution is 2.40. The van der Waals surface area contributed by atoms with Gasteiger partial charge in [0.15, 0.2) is 22.4 Å². The van der Waals surface area contributed by atoms with Gasteiger partial charge in [0.05, 0.1) is 0 Å². The second kappa shape index (κ2) is 14.9. The lowest BCUT2D eigenvalue weighted by Gasteiger charge is -2.42. The van der Waals surface area contributed by atoms with Gasteiger partial charge in [-0.25, -0.2) is 0 Å². The molecule has 0 N–H and O–H groups in total. The van der Waals surface area contributed by atoms with Gasteiger partial charge in [-0.15, -0.1) is 0 Å². The molecule has 2 atom stereocenters. The van der Waals surface area contributed by atoms with Crippen LogP contribution in [0, 0.1) is 0 Å². The first-order chi connectivity index (χ1) is 15.5. The lowest BCUT2D eigenvalue weighted by atomic mass is 10.0. The lowest BCUT2D eigenvalue weighted by Crippen LogP contribution is -2.48. The molecule has 0 amide bonds. The van der Waals surface area contributed by atoms with E-state index >= 15 is 0 Å². The van der Waals surface area contributed by atoms with Crippen molar-refractivity contribution < 1.29 is 18.4 Å². The summed E-state index contributed by atoms with van der Waals surface area (Å²) in [6.07, 6.45) is 13.0. The first-order valence-electron chi connectivity index (χ1n) is 13.5. The Balaban J connectivity index is 5.62. The van der Waals surface area contributed by atoms with Crippen molar-refractivity contribution in [1.82, 2.24) is 0 Å². The predicted octanol–water partition coefficient (Wildman–Crippen LogP) is 8.62. The minimum absolute atomic E-state index is 0.00578. The van der Waals surface area contributed by atoms with Gasteiger partial charge >= 0.3 is 0 Å². The SMILES string of the molecule is CCCCCCCCC[C@@H](C[C@@H](O[Si](C)(C)C(C)(C)C)C(=O)/C=C/C=O)O[Si](C)(C)C(C)(C)C. The summed E-state index contributed by atoms with van der Waals surface area (Å²) in [5.41, 5.74) is 0. The molecule has 0 aliphatic carbocycles. The molecule has 0 saturated heterocycles. The Labute approximate surface area is 213 Å². The fourth-order valence-electron chi connectivity index (χ4n) is 3.38. The zero-order valence-electron chi connectivity index (χ0n) is 24.4. The van der Waals surface area contributed by atoms with Gasteiger partial charge in [0, 0.05) is 12.5 Å². The second-order valence-corrected chi connectivity index (χ2v) is 22.4. The number of hydrogen-bond donors (Lipinski definition) is 0. The fourth-order valence-corrected chi connectivity index (χ4v) is 6.06. The number of ketones is 1. The number of allylic oxidation sites excluding steroid dienone is 1. The Morgan fingerprint density at radius 3 is 1.74 bits per heavy atom. The van der Waals surface area contributed by atoms with E-state index in [4.69, 9.17) is 8.85 Å². The van der Waals surface area contributed by atoms with Gasteiger partial charge in [0.2, 0.25) is 0 Å². The molecule has 0 fully saturated rings. The van der Waals surface area contributed by atoms with Crippen molar-refractivity contribution in [1.29, 1.82) is 0 Å². The Kier molecular flexibility index (Phi) is 14.6. The van der Waals surface area contributed by atoms with E-state index in [1.54, 1.807) is 0 Å². The van der Waals surface area contributed by atoms with Gasteiger partial charge in [-0.1, -0.05) is 93.4 Å². The van der Waals surface area contributed by atoms with Crippen molar-refractivity contribution in [2.75, 3.05) is 0 Å². The van der Waals surface area contributed by atoms with Gasteiger partial charge in [-0.3, -0.25) is 9.59 Å². The van der Waals surface area contributed by atoms with Crippen LogP contribution < -0.4 is 0 Å². The molecule has 0 heterocycles. The summed E-state index contributed by atoms with van der Waals surface area (Å²) in [4.78, 5) is 24.0. The van der Waals surface area contributed by atoms with E-state index in [1.165, 1.54) is 50.7 Å². The number of hydrogen-bond acceptors (Lipinski definition) is 4. The van der Waals surface area contributed by atoms with E-state index in [2.05, 4.69) is 74.7 Å². The van der Waals surface area contributed by atoms with Crippen LogP contribution in [-0.4, -0.2) is 40.9 Å². The van der Waals surface area contributed by atoms with Crippen molar-refractivity contribution in [3.63, 3.8) is 0 Å². The summed E-state index contributed by atoms with van der Waals surface area (Å²) < 4.78 is 13.5. The maximum atomic E-state index is 13.1. The standard InChI is InChI=1S/C28H56O4Si2/c1-12-13-14-15-16-17-18-20-24(31-33(8,9)27(2,3)4)23-26(25(30)21-19-22-29)32-34(10,11)28(5,6)7/h19,21-22,24,26H,12-18,20,23H2,1-11H3/b21-19+/t24-,26+/m0/s1. The summed E-state index contributed by atoms with van der Waals surface area (Å²) in [5.74, 6) is -0.125. The molecule has 0 aromatic rings. The predicted molar refractivity (Wildman–Crippen MR) is 152 cm³/mol. The minimum Gasteiger partial charge on any atom is -0.414 e. The molecule has 0 bridgehead atoms. The molecular weight excluding hydrogens is 456 g/mol. The van der Waals surface area contributed by atoms with Crippen LogP contribution >= 0.6 is 0 Å². The van der Waals surface area contributed by atoms with Crippen LogP contribution in [0.1, 0.15) is 106 Å². The van der Waals surface area contributed by atoms with Crippen LogP contribution in [0.3, 0.4) is 0 Å². The van der Waals surface area contributed by atoms with E-state index in [0.717, 1.165) is 12.8 Å². The zero-order chi connectivity index (χ0) is 26.6. The van der Waals surface area contributed by atoms with Crippen molar-refractivity contribution in [3.8, 4) is 0 Å². The third kappa shape index (κ3) is 12.4. The highest BCUT2D eigenvalue weighted by molar-refractivity contribution is 6.74. The molecule has 0 aliphatic heterocycles. The van der Waals surface area contributed by atoms with Crippen LogP contribution in [-0.2, 0) is 18.4 Å². The molecule has 4 nitrogen and oxygen atoms in total. The van der Waals surface area contributed by atoms with E-state index in [1.807, 2.05) is 0 Å². The second-order valence-electron chi connectivity index (χ2n) is 12.9. The Morgan fingerprint density at radius 2 is 1.26 bits per heavy atom. The molecule has 0 spiro atoms. The van der Waals surface area contributed by atoms with Crippen molar-refractivity contribution in [3.05, 3.63) is 12.2 Å². The highest BCUT2D eigenvalue weighted by atomic mass is 28.4. The zero-order valence-corrected chi connectivity index (χ0v) is 26.4. The molecule has 6 heteroatoms. The molecule has 0 aliphatic rings. The van der Waals surface area contributed by atoms with Crippen molar-refractivity contribution >= 4 is 28.7 Å². The van der Waals surface area contributed by atoms with E-state index in [9.17, 15) is 9.59 Å². The summed E-state index contributed by atoms with van der Waals surface area (Å²) in [5, 5.41) is 0.0940. The third-order valence-electron chi connectivity index (χ3n) is 7.77. The first kappa shape index (κ1) is 33.4. The number of aldehydes is 1. The van der Waals surface area contributed by atoms with Gasteiger partial charge in [0.25, 0.3) is 0 Å². The van der Waals surface area contributed by atoms with E-state index in [-0.39, 0.29) is 22.0 Å². The average Bonchev–Trinajstić information content (AvgIpc) is 2.68. The van der Waals surface area contributed by atoms with Crippen LogP contribution in [0.2, 0.25) is 36.3 Å². The van der Waals surface area contributed by atoms with Crippen LogP contribution in [0.25, 0.3) is 0 Å². The Hall–Kier alpha value is -0.566. The summed E-state index contributed by atoms with van der Waals surface area (Å²) in [6, 6.07) is 0. The maximum Gasteiger partial charge on any atom is 0.193 e. The van der Waals surface area contributed by atoms with Crippen molar-refractivity contribution in [2.45, 2.75) is 155 Å². The number of rotatable bonds is 17. The Bertz CT molecular complexity index is 627. The van der Waals surface area contributed by atoms with Gasteiger partial charge < -0.3 is 8.85 Å². The largest absolute Gasteiger partial charge is 0.414 e. The van der Waals surface area contributed by atoms with E-state index in [0.29, 0.717) is 12.7 Å². The van der Waals surface area contributed by atoms with Crippen LogP contribution in [0.5, 0.6) is 0 Å². The summed E-state index contributed by atoms with van der Waals surface area (Å²) in [6.45, 7) is 24.5. The van der Waals surface area contributed by atoms with Gasteiger partial charge in [0.1, 0.15) is 12.4 Å². The molecule has 200 valence electrons. The molecule has 34 heavy (non-hydrogen) atoms. The van der Waals surface area contributed by atoms with Crippen molar-refractivity contribution in [2.24, 2.45) is 0 Å². The topological polar surface area (TPSA) is 52.6 Å². The molecule has 0 saturated carbocycles.